The van der Waals surface area contributed by atoms with Crippen LogP contribution in [0, 0.1) is 24.7 Å². The van der Waals surface area contributed by atoms with Gasteiger partial charge in [0.1, 0.15) is 5.69 Å². The van der Waals surface area contributed by atoms with Crippen molar-refractivity contribution < 1.29 is 4.79 Å². The fourth-order valence-corrected chi connectivity index (χ4v) is 5.24. The van der Waals surface area contributed by atoms with Crippen LogP contribution in [0.3, 0.4) is 0 Å². The van der Waals surface area contributed by atoms with Crippen LogP contribution in [0.5, 0.6) is 0 Å². The SMILES string of the molecule is Cc1cc(C(=O)NC23CC4CC(CC(C4)C2)C3)nn1C. The summed E-state index contributed by atoms with van der Waals surface area (Å²) in [6, 6.07) is 1.88. The van der Waals surface area contributed by atoms with E-state index in [1.165, 1.54) is 38.5 Å². The first-order valence-electron chi connectivity index (χ1n) is 7.86. The van der Waals surface area contributed by atoms with Crippen molar-refractivity contribution in [2.45, 2.75) is 51.0 Å². The fraction of sp³-hybridized carbons (Fsp3) is 0.750. The number of hydrogen-bond donors (Lipinski definition) is 1. The Balaban J connectivity index is 1.55. The van der Waals surface area contributed by atoms with Gasteiger partial charge in [0.25, 0.3) is 5.91 Å². The fourth-order valence-electron chi connectivity index (χ4n) is 5.24. The number of carbonyl (C=O) groups is 1. The molecule has 1 heterocycles. The van der Waals surface area contributed by atoms with Crippen LogP contribution in [0.1, 0.15) is 54.7 Å². The highest BCUT2D eigenvalue weighted by Crippen LogP contribution is 2.55. The van der Waals surface area contributed by atoms with Crippen molar-refractivity contribution >= 4 is 5.91 Å². The summed E-state index contributed by atoms with van der Waals surface area (Å²) in [7, 11) is 1.89. The van der Waals surface area contributed by atoms with E-state index in [1.54, 1.807) is 4.68 Å². The van der Waals surface area contributed by atoms with Gasteiger partial charge in [0.05, 0.1) is 0 Å². The van der Waals surface area contributed by atoms with Crippen LogP contribution in [0.15, 0.2) is 6.07 Å². The molecule has 5 rings (SSSR count). The average molecular weight is 273 g/mol. The van der Waals surface area contributed by atoms with Crippen molar-refractivity contribution in [2.24, 2.45) is 24.8 Å². The van der Waals surface area contributed by atoms with Gasteiger partial charge in [-0.1, -0.05) is 0 Å². The molecule has 108 valence electrons. The molecule has 4 fully saturated rings. The average Bonchev–Trinajstić information content (AvgIpc) is 2.67. The zero-order valence-electron chi connectivity index (χ0n) is 12.4. The van der Waals surface area contributed by atoms with E-state index in [0.717, 1.165) is 23.4 Å². The van der Waals surface area contributed by atoms with Crippen LogP contribution in [-0.4, -0.2) is 21.2 Å². The van der Waals surface area contributed by atoms with E-state index in [4.69, 9.17) is 0 Å². The second-order valence-electron chi connectivity index (χ2n) is 7.45. The Morgan fingerprint density at radius 2 is 1.80 bits per heavy atom. The summed E-state index contributed by atoms with van der Waals surface area (Å²) < 4.78 is 1.77. The van der Waals surface area contributed by atoms with Crippen molar-refractivity contribution in [1.29, 1.82) is 0 Å². The smallest absolute Gasteiger partial charge is 0.272 e. The molecular formula is C16H23N3O. The summed E-state index contributed by atoms with van der Waals surface area (Å²) in [5, 5.41) is 7.68. The summed E-state index contributed by atoms with van der Waals surface area (Å²) in [4.78, 5) is 12.5. The Morgan fingerprint density at radius 1 is 1.25 bits per heavy atom. The van der Waals surface area contributed by atoms with Crippen molar-refractivity contribution in [3.63, 3.8) is 0 Å². The third kappa shape index (κ3) is 1.88. The number of aryl methyl sites for hydroxylation is 2. The lowest BCUT2D eigenvalue weighted by Crippen LogP contribution is -2.59. The van der Waals surface area contributed by atoms with Crippen molar-refractivity contribution in [2.75, 3.05) is 0 Å². The summed E-state index contributed by atoms with van der Waals surface area (Å²) in [6.45, 7) is 1.98. The summed E-state index contributed by atoms with van der Waals surface area (Å²) in [6.07, 6.45) is 7.77. The number of nitrogens with zero attached hydrogens (tertiary/aromatic N) is 2. The highest BCUT2D eigenvalue weighted by Gasteiger charge is 2.51. The van der Waals surface area contributed by atoms with Gasteiger partial charge < -0.3 is 5.32 Å². The van der Waals surface area contributed by atoms with Crippen LogP contribution in [0.4, 0.5) is 0 Å². The van der Waals surface area contributed by atoms with Crippen LogP contribution in [0.25, 0.3) is 0 Å². The Kier molecular flexibility index (Phi) is 2.54. The van der Waals surface area contributed by atoms with E-state index in [0.29, 0.717) is 5.69 Å². The van der Waals surface area contributed by atoms with E-state index in [2.05, 4.69) is 10.4 Å². The molecule has 1 aromatic heterocycles. The summed E-state index contributed by atoms with van der Waals surface area (Å²) in [5.41, 5.74) is 1.68. The second kappa shape index (κ2) is 4.09. The largest absolute Gasteiger partial charge is 0.345 e. The van der Waals surface area contributed by atoms with E-state index < -0.39 is 0 Å². The number of amides is 1. The molecule has 0 aliphatic heterocycles. The molecule has 20 heavy (non-hydrogen) atoms. The quantitative estimate of drug-likeness (QED) is 0.899. The lowest BCUT2D eigenvalue weighted by atomic mass is 9.53. The van der Waals surface area contributed by atoms with Gasteiger partial charge in [-0.05, 0) is 69.3 Å². The maximum atomic E-state index is 12.5. The van der Waals surface area contributed by atoms with Crippen molar-refractivity contribution in [1.82, 2.24) is 15.1 Å². The first-order valence-corrected chi connectivity index (χ1v) is 7.86. The molecule has 1 aromatic rings. The van der Waals surface area contributed by atoms with Crippen LogP contribution in [0.2, 0.25) is 0 Å². The molecule has 4 saturated carbocycles. The Hall–Kier alpha value is -1.32. The molecule has 0 aromatic carbocycles. The Bertz CT molecular complexity index is 505. The molecular weight excluding hydrogens is 250 g/mol. The zero-order valence-corrected chi connectivity index (χ0v) is 12.4. The molecule has 0 saturated heterocycles. The van der Waals surface area contributed by atoms with Gasteiger partial charge in [0, 0.05) is 18.3 Å². The van der Waals surface area contributed by atoms with E-state index in [9.17, 15) is 4.79 Å². The third-order valence-electron chi connectivity index (χ3n) is 5.76. The van der Waals surface area contributed by atoms with Gasteiger partial charge >= 0.3 is 0 Å². The molecule has 4 nitrogen and oxygen atoms in total. The van der Waals surface area contributed by atoms with Gasteiger partial charge in [0.15, 0.2) is 0 Å². The molecule has 1 amide bonds. The Labute approximate surface area is 119 Å². The van der Waals surface area contributed by atoms with E-state index in [1.807, 2.05) is 20.0 Å². The van der Waals surface area contributed by atoms with Gasteiger partial charge in [-0.2, -0.15) is 5.10 Å². The predicted octanol–water partition coefficient (Wildman–Crippen LogP) is 2.43. The second-order valence-corrected chi connectivity index (χ2v) is 7.45. The van der Waals surface area contributed by atoms with Gasteiger partial charge in [-0.15, -0.1) is 0 Å². The minimum absolute atomic E-state index is 0.0238. The summed E-state index contributed by atoms with van der Waals surface area (Å²) >= 11 is 0. The predicted molar refractivity (Wildman–Crippen MR) is 76.3 cm³/mol. The maximum absolute atomic E-state index is 12.5. The minimum Gasteiger partial charge on any atom is -0.345 e. The lowest BCUT2D eigenvalue weighted by molar-refractivity contribution is -0.0168. The number of carbonyl (C=O) groups excluding carboxylic acids is 1. The van der Waals surface area contributed by atoms with Crippen molar-refractivity contribution in [3.8, 4) is 0 Å². The number of hydrogen-bond acceptors (Lipinski definition) is 2. The monoisotopic (exact) mass is 273 g/mol. The number of nitrogens with one attached hydrogen (secondary N) is 1. The highest BCUT2D eigenvalue weighted by atomic mass is 16.2. The molecule has 0 unspecified atom stereocenters. The highest BCUT2D eigenvalue weighted by molar-refractivity contribution is 5.93. The summed E-state index contributed by atoms with van der Waals surface area (Å²) in [5.74, 6) is 2.58. The molecule has 0 radical (unpaired) electrons. The lowest BCUT2D eigenvalue weighted by Gasteiger charge is -2.56. The maximum Gasteiger partial charge on any atom is 0.272 e. The van der Waals surface area contributed by atoms with Crippen LogP contribution >= 0.6 is 0 Å². The van der Waals surface area contributed by atoms with Gasteiger partial charge in [-0.3, -0.25) is 9.48 Å². The molecule has 1 N–H and O–H groups in total. The number of aromatic nitrogens is 2. The minimum atomic E-state index is 0.0238. The van der Waals surface area contributed by atoms with E-state index in [-0.39, 0.29) is 11.4 Å². The first kappa shape index (κ1) is 12.4. The van der Waals surface area contributed by atoms with Crippen LogP contribution in [-0.2, 0) is 7.05 Å². The normalized spacial score (nSPS) is 38.2. The van der Waals surface area contributed by atoms with Crippen molar-refractivity contribution in [3.05, 3.63) is 17.5 Å². The topological polar surface area (TPSA) is 46.9 Å². The van der Waals surface area contributed by atoms with Gasteiger partial charge in [-0.25, -0.2) is 0 Å². The molecule has 4 bridgehead atoms. The molecule has 0 atom stereocenters. The first-order chi connectivity index (χ1) is 9.53. The Morgan fingerprint density at radius 3 is 2.25 bits per heavy atom. The third-order valence-corrected chi connectivity index (χ3v) is 5.76. The molecule has 0 spiro atoms. The van der Waals surface area contributed by atoms with Crippen LogP contribution < -0.4 is 5.32 Å². The standard InChI is InChI=1S/C16H23N3O/c1-10-3-14(18-19(10)2)15(20)17-16-7-11-4-12(8-16)6-13(5-11)9-16/h3,11-13H,4-9H2,1-2H3,(H,17,20). The van der Waals surface area contributed by atoms with E-state index >= 15 is 0 Å². The molecule has 4 aliphatic rings. The molecule has 4 heteroatoms. The number of rotatable bonds is 2. The zero-order chi connectivity index (χ0) is 13.9. The molecule has 4 aliphatic carbocycles. The van der Waals surface area contributed by atoms with Gasteiger partial charge in [0.2, 0.25) is 0 Å².